The Morgan fingerprint density at radius 3 is 2.11 bits per heavy atom. The molecule has 1 rings (SSSR count). The van der Waals surface area contributed by atoms with Gasteiger partial charge in [-0.15, -0.1) is 0 Å². The molecule has 108 valence electrons. The number of hydrogen-bond donors (Lipinski definition) is 0. The summed E-state index contributed by atoms with van der Waals surface area (Å²) < 4.78 is 0. The van der Waals surface area contributed by atoms with E-state index in [0.29, 0.717) is 11.0 Å². The summed E-state index contributed by atoms with van der Waals surface area (Å²) in [6.45, 7) is 19.3. The quantitative estimate of drug-likeness (QED) is 0.659. The molecule has 1 saturated heterocycles. The van der Waals surface area contributed by atoms with Crippen LogP contribution in [0.3, 0.4) is 0 Å². The van der Waals surface area contributed by atoms with Crippen LogP contribution >= 0.6 is 0 Å². The lowest BCUT2D eigenvalue weighted by Gasteiger charge is -2.42. The Bertz CT molecular complexity index is 265. The molecular weight excluding hydrogens is 218 g/mol. The van der Waals surface area contributed by atoms with E-state index in [0.717, 1.165) is 18.0 Å². The molecule has 0 saturated carbocycles. The van der Waals surface area contributed by atoms with Crippen molar-refractivity contribution in [3.8, 4) is 0 Å². The van der Waals surface area contributed by atoms with Gasteiger partial charge in [0, 0.05) is 17.6 Å². The average molecular weight is 253 g/mol. The maximum absolute atomic E-state index is 2.84. The van der Waals surface area contributed by atoms with Gasteiger partial charge in [-0.05, 0) is 51.4 Å². The third kappa shape index (κ3) is 3.29. The Kier molecular flexibility index (Phi) is 4.92. The molecular formula is C17H35N. The van der Waals surface area contributed by atoms with Gasteiger partial charge in [0.25, 0.3) is 0 Å². The van der Waals surface area contributed by atoms with E-state index in [-0.39, 0.29) is 0 Å². The molecule has 0 N–H and O–H groups in total. The highest BCUT2D eigenvalue weighted by Crippen LogP contribution is 2.49. The van der Waals surface area contributed by atoms with Crippen LogP contribution in [0, 0.1) is 11.3 Å². The lowest BCUT2D eigenvalue weighted by Crippen LogP contribution is -2.50. The summed E-state index contributed by atoms with van der Waals surface area (Å²) in [6, 6.07) is 1.46. The van der Waals surface area contributed by atoms with Crippen molar-refractivity contribution in [3.05, 3.63) is 0 Å². The van der Waals surface area contributed by atoms with Crippen molar-refractivity contribution in [1.29, 1.82) is 0 Å². The van der Waals surface area contributed by atoms with E-state index in [1.165, 1.54) is 25.7 Å². The molecule has 0 aromatic carbocycles. The van der Waals surface area contributed by atoms with Crippen LogP contribution in [0.1, 0.15) is 81.1 Å². The maximum Gasteiger partial charge on any atom is 0.0164 e. The molecule has 0 bridgehead atoms. The topological polar surface area (TPSA) is 3.24 Å². The molecule has 1 aliphatic rings. The van der Waals surface area contributed by atoms with Crippen molar-refractivity contribution in [1.82, 2.24) is 4.90 Å². The van der Waals surface area contributed by atoms with E-state index in [4.69, 9.17) is 0 Å². The van der Waals surface area contributed by atoms with Crippen LogP contribution in [-0.2, 0) is 0 Å². The van der Waals surface area contributed by atoms with Gasteiger partial charge in [-0.3, -0.25) is 4.90 Å². The first-order valence-electron chi connectivity index (χ1n) is 7.90. The van der Waals surface area contributed by atoms with Crippen LogP contribution in [0.2, 0.25) is 0 Å². The Hall–Kier alpha value is -0.0400. The summed E-state index contributed by atoms with van der Waals surface area (Å²) in [5.74, 6) is 0.791. The highest BCUT2D eigenvalue weighted by atomic mass is 15.3. The lowest BCUT2D eigenvalue weighted by atomic mass is 9.78. The normalized spacial score (nSPS) is 28.8. The number of nitrogens with zero attached hydrogens (tertiary/aromatic N) is 1. The predicted molar refractivity (Wildman–Crippen MR) is 81.9 cm³/mol. The lowest BCUT2D eigenvalue weighted by molar-refractivity contribution is 0.0530. The van der Waals surface area contributed by atoms with Gasteiger partial charge in [0.15, 0.2) is 0 Å². The van der Waals surface area contributed by atoms with Gasteiger partial charge < -0.3 is 0 Å². The molecule has 1 heteroatoms. The third-order valence-corrected chi connectivity index (χ3v) is 4.70. The van der Waals surface area contributed by atoms with Crippen LogP contribution in [0.5, 0.6) is 0 Å². The number of rotatable bonds is 5. The monoisotopic (exact) mass is 253 g/mol. The zero-order valence-corrected chi connectivity index (χ0v) is 14.0. The molecule has 0 aliphatic carbocycles. The minimum Gasteiger partial charge on any atom is -0.292 e. The van der Waals surface area contributed by atoms with Crippen molar-refractivity contribution in [2.45, 2.75) is 98.7 Å². The summed E-state index contributed by atoms with van der Waals surface area (Å²) in [7, 11) is 0. The number of likely N-dealkylation sites (tertiary alicyclic amines) is 1. The van der Waals surface area contributed by atoms with E-state index in [2.05, 4.69) is 60.3 Å². The summed E-state index contributed by atoms with van der Waals surface area (Å²) in [5.41, 5.74) is 0.813. The Labute approximate surface area is 115 Å². The zero-order valence-electron chi connectivity index (χ0n) is 14.0. The molecule has 0 aromatic rings. The van der Waals surface area contributed by atoms with Gasteiger partial charge in [-0.1, -0.05) is 41.0 Å². The van der Waals surface area contributed by atoms with Crippen molar-refractivity contribution < 1.29 is 0 Å². The minimum atomic E-state index is 0.359. The second-order valence-electron chi connectivity index (χ2n) is 8.17. The second-order valence-corrected chi connectivity index (χ2v) is 8.17. The van der Waals surface area contributed by atoms with E-state index >= 15 is 0 Å². The van der Waals surface area contributed by atoms with Crippen LogP contribution in [0.25, 0.3) is 0 Å². The van der Waals surface area contributed by atoms with Gasteiger partial charge in [-0.2, -0.15) is 0 Å². The smallest absolute Gasteiger partial charge is 0.0164 e. The molecule has 0 amide bonds. The van der Waals surface area contributed by atoms with Crippen molar-refractivity contribution >= 4 is 0 Å². The van der Waals surface area contributed by atoms with Gasteiger partial charge in [0.05, 0.1) is 0 Å². The molecule has 2 unspecified atom stereocenters. The Morgan fingerprint density at radius 1 is 1.11 bits per heavy atom. The summed E-state index contributed by atoms with van der Waals surface area (Å²) in [6.07, 6.45) is 5.28. The van der Waals surface area contributed by atoms with E-state index in [1.807, 2.05) is 0 Å². The highest BCUT2D eigenvalue weighted by Gasteiger charge is 2.51. The molecule has 0 radical (unpaired) electrons. The van der Waals surface area contributed by atoms with Gasteiger partial charge in [0.1, 0.15) is 0 Å². The molecule has 1 nitrogen and oxygen atoms in total. The van der Waals surface area contributed by atoms with Crippen LogP contribution in [-0.4, -0.2) is 22.5 Å². The first-order valence-corrected chi connectivity index (χ1v) is 7.90. The third-order valence-electron chi connectivity index (χ3n) is 4.70. The van der Waals surface area contributed by atoms with Gasteiger partial charge in [-0.25, -0.2) is 0 Å². The summed E-state index contributed by atoms with van der Waals surface area (Å²) >= 11 is 0. The average Bonchev–Trinajstić information content (AvgIpc) is 2.30. The fraction of sp³-hybridized carbons (Fsp3) is 1.00. The van der Waals surface area contributed by atoms with Crippen LogP contribution < -0.4 is 0 Å². The predicted octanol–water partition coefficient (Wildman–Crippen LogP) is 5.10. The molecule has 2 atom stereocenters. The molecule has 0 aromatic heterocycles. The zero-order chi connectivity index (χ0) is 14.1. The fourth-order valence-electron chi connectivity index (χ4n) is 4.46. The van der Waals surface area contributed by atoms with Crippen LogP contribution in [0.4, 0.5) is 0 Å². The fourth-order valence-corrected chi connectivity index (χ4v) is 4.46. The van der Waals surface area contributed by atoms with E-state index in [1.54, 1.807) is 0 Å². The summed E-state index contributed by atoms with van der Waals surface area (Å²) in [4.78, 5) is 2.84. The standard InChI is InChI=1S/C17H35N/c1-9-10-14(4)18-15(11-13(2)3)16(5,6)12-17(18,7)8/h13-15H,9-12H2,1-8H3. The van der Waals surface area contributed by atoms with Crippen molar-refractivity contribution in [3.63, 3.8) is 0 Å². The van der Waals surface area contributed by atoms with Gasteiger partial charge in [0.2, 0.25) is 0 Å². The SMILES string of the molecule is CCCC(C)N1C(CC(C)C)C(C)(C)CC1(C)C. The maximum atomic E-state index is 2.84. The second kappa shape index (κ2) is 5.53. The first-order chi connectivity index (χ1) is 8.12. The van der Waals surface area contributed by atoms with Crippen molar-refractivity contribution in [2.24, 2.45) is 11.3 Å². The summed E-state index contributed by atoms with van der Waals surface area (Å²) in [5, 5.41) is 0. The first kappa shape index (κ1) is 16.0. The van der Waals surface area contributed by atoms with Crippen molar-refractivity contribution in [2.75, 3.05) is 0 Å². The molecule has 0 spiro atoms. The molecule has 1 fully saturated rings. The molecule has 1 heterocycles. The largest absolute Gasteiger partial charge is 0.292 e. The van der Waals surface area contributed by atoms with Crippen LogP contribution in [0.15, 0.2) is 0 Å². The van der Waals surface area contributed by atoms with E-state index in [9.17, 15) is 0 Å². The Morgan fingerprint density at radius 2 is 1.67 bits per heavy atom. The van der Waals surface area contributed by atoms with E-state index < -0.39 is 0 Å². The van der Waals surface area contributed by atoms with Gasteiger partial charge >= 0.3 is 0 Å². The molecule has 1 aliphatic heterocycles. The highest BCUT2D eigenvalue weighted by molar-refractivity contribution is 5.05. The number of hydrogen-bond acceptors (Lipinski definition) is 1. The minimum absolute atomic E-state index is 0.359. The molecule has 18 heavy (non-hydrogen) atoms. The Balaban J connectivity index is 2.98.